The second-order valence-corrected chi connectivity index (χ2v) is 23.8. The zero-order valence-electron chi connectivity index (χ0n) is 53.0. The Balaban J connectivity index is 0.000000198. The molecular formula is C71H99N6O12+. The van der Waals surface area contributed by atoms with Crippen molar-refractivity contribution in [1.29, 1.82) is 0 Å². The third-order valence-electron chi connectivity index (χ3n) is 17.5. The largest absolute Gasteiger partial charge is 0.473 e. The van der Waals surface area contributed by atoms with Gasteiger partial charge in [-0.2, -0.15) is 5.10 Å². The number of hydrogen-bond donors (Lipinski definition) is 4. The molecule has 3 fully saturated rings. The first-order valence-corrected chi connectivity index (χ1v) is 32.0. The molecule has 18 heteroatoms. The van der Waals surface area contributed by atoms with Gasteiger partial charge in [-0.25, -0.2) is 9.59 Å². The van der Waals surface area contributed by atoms with E-state index in [9.17, 15) is 9.59 Å². The Morgan fingerprint density at radius 3 is 1.56 bits per heavy atom. The Morgan fingerprint density at radius 1 is 0.629 bits per heavy atom. The first-order valence-electron chi connectivity index (χ1n) is 32.0. The van der Waals surface area contributed by atoms with E-state index in [4.69, 9.17) is 64.2 Å². The minimum Gasteiger partial charge on any atom is -0.473 e. The number of fused-ring (bicyclic) bond motifs is 2. The van der Waals surface area contributed by atoms with Crippen LogP contribution in [0.15, 0.2) is 126 Å². The Bertz CT molecular complexity index is 2950. The molecule has 2 unspecified atom stereocenters. The number of carboxylic acids is 2. The van der Waals surface area contributed by atoms with Crippen molar-refractivity contribution in [2.24, 2.45) is 38.9 Å². The highest BCUT2D eigenvalue weighted by Crippen LogP contribution is 2.45. The van der Waals surface area contributed by atoms with Gasteiger partial charge in [0.25, 0.3) is 0 Å². The molecule has 0 amide bonds. The van der Waals surface area contributed by atoms with Gasteiger partial charge in [0.15, 0.2) is 18.0 Å². The van der Waals surface area contributed by atoms with Crippen LogP contribution in [0.3, 0.4) is 0 Å². The summed E-state index contributed by atoms with van der Waals surface area (Å²) in [5.41, 5.74) is 15.8. The van der Waals surface area contributed by atoms with E-state index in [0.717, 1.165) is 135 Å². The summed E-state index contributed by atoms with van der Waals surface area (Å²) in [6, 6.07) is 30.8. The normalized spacial score (nSPS) is 19.6. The van der Waals surface area contributed by atoms with Gasteiger partial charge in [0, 0.05) is 84.4 Å². The van der Waals surface area contributed by atoms with E-state index in [2.05, 4.69) is 96.0 Å². The molecule has 3 aromatic carbocycles. The molecule has 4 aromatic rings. The van der Waals surface area contributed by atoms with Crippen molar-refractivity contribution in [2.45, 2.75) is 143 Å². The second kappa shape index (κ2) is 37.5. The first kappa shape index (κ1) is 71.5. The molecule has 11 rings (SSSR count). The second-order valence-electron chi connectivity index (χ2n) is 23.8. The molecule has 3 aliphatic carbocycles. The lowest BCUT2D eigenvalue weighted by molar-refractivity contribution is -0.528. The van der Waals surface area contributed by atoms with Gasteiger partial charge in [0.1, 0.15) is 11.5 Å². The SMILES string of the molecule is CCN.CC[N+]1=C(CCCOCc2ccccc2)C2CC3(C=CC2=N1)CCOCC3.CCn1nc(CCCOCc2ccccc2)c2c1C=CC1(CCOCC1)C2.N.O=C(O)C(=O)O.O=C1C=CC2(CCOCC2)CC1C(=O)CCCOCc1ccccc1. The monoisotopic (exact) mass is 1230 g/mol. The molecule has 0 radical (unpaired) electrons. The Hall–Kier alpha value is -6.61. The van der Waals surface area contributed by atoms with Crippen LogP contribution in [0.25, 0.3) is 6.08 Å². The maximum absolute atomic E-state index is 12.5. The summed E-state index contributed by atoms with van der Waals surface area (Å²) in [5, 5.41) is 24.6. The van der Waals surface area contributed by atoms with Crippen LogP contribution in [0, 0.1) is 28.1 Å². The Morgan fingerprint density at radius 2 is 1.08 bits per heavy atom. The van der Waals surface area contributed by atoms with Gasteiger partial charge in [0.2, 0.25) is 0 Å². The molecule has 3 saturated heterocycles. The van der Waals surface area contributed by atoms with Crippen LogP contribution in [-0.2, 0) is 86.8 Å². The molecule has 3 spiro atoms. The summed E-state index contributed by atoms with van der Waals surface area (Å²) in [4.78, 5) is 42.9. The number of carbonyl (C=O) groups is 4. The molecule has 1 aromatic heterocycles. The number of aliphatic carboxylic acids is 2. The average Bonchev–Trinajstić information content (AvgIpc) is 1.88. The predicted octanol–water partition coefficient (Wildman–Crippen LogP) is 11.4. The van der Waals surface area contributed by atoms with Gasteiger partial charge < -0.3 is 50.5 Å². The molecule has 7 aliphatic rings. The number of aromatic nitrogens is 2. The lowest BCUT2D eigenvalue weighted by Crippen LogP contribution is -2.38. The zero-order valence-corrected chi connectivity index (χ0v) is 53.0. The molecule has 0 saturated carbocycles. The fourth-order valence-corrected chi connectivity index (χ4v) is 12.5. The third kappa shape index (κ3) is 22.1. The summed E-state index contributed by atoms with van der Waals surface area (Å²) in [5.74, 6) is -3.61. The minimum absolute atomic E-state index is 0. The van der Waals surface area contributed by atoms with Crippen molar-refractivity contribution >= 4 is 41.0 Å². The molecule has 484 valence electrons. The number of nitrogens with two attached hydrogens (primary N) is 1. The fourth-order valence-electron chi connectivity index (χ4n) is 12.5. The van der Waals surface area contributed by atoms with Crippen LogP contribution < -0.4 is 11.9 Å². The third-order valence-corrected chi connectivity index (χ3v) is 17.5. The standard InChI is InChI=1S/C23H31N2O2.C23H30N2O2.C21H26O4.C2H7N.C2H2O4.H3N/c1-2-25-22(9-6-14-27-18-19-7-4-3-5-8-19)20-17-23(11-10-21(20)24-25)12-15-26-16-13-23;1-2-25-22-10-11-23(12-15-26-16-13-23)17-20(22)21(24-25)9-6-14-27-18-19-7-4-3-5-8-19;22-19(7-4-12-25-16-17-5-2-1-3-6-17)18-15-21(9-8-20(18)23)10-13-24-14-11-21;1-2-3;3-1(4)2(5)6;/h3-5,7-8,10-11,20H,2,6,9,12-18H2,1H3;3-5,7-8,10-11H,2,6,9,12-18H2,1H3;1-3,5-6,8-9,18H,4,7,10-16H2;2-3H2,1H3;(H,3,4)(H,5,6);1H3/q+1;;;;;. The van der Waals surface area contributed by atoms with Crippen LogP contribution >= 0.6 is 0 Å². The number of carbonyl (C=O) groups excluding carboxylic acids is 2. The van der Waals surface area contributed by atoms with Crippen molar-refractivity contribution in [3.05, 3.63) is 155 Å². The minimum atomic E-state index is -1.82. The van der Waals surface area contributed by atoms with Gasteiger partial charge in [-0.3, -0.25) is 14.3 Å². The number of ketones is 2. The molecule has 18 nitrogen and oxygen atoms in total. The van der Waals surface area contributed by atoms with Gasteiger partial charge in [-0.1, -0.05) is 121 Å². The number of hydrogen-bond acceptors (Lipinski definition) is 14. The lowest BCUT2D eigenvalue weighted by atomic mass is 9.67. The molecule has 89 heavy (non-hydrogen) atoms. The maximum Gasteiger partial charge on any atom is 0.414 e. The van der Waals surface area contributed by atoms with Crippen molar-refractivity contribution in [2.75, 3.05) is 72.6 Å². The Labute approximate surface area is 527 Å². The summed E-state index contributed by atoms with van der Waals surface area (Å²) in [7, 11) is 0. The van der Waals surface area contributed by atoms with Crippen molar-refractivity contribution < 1.29 is 62.5 Å². The van der Waals surface area contributed by atoms with Crippen molar-refractivity contribution in [3.63, 3.8) is 0 Å². The smallest absolute Gasteiger partial charge is 0.414 e. The molecule has 0 bridgehead atoms. The van der Waals surface area contributed by atoms with Gasteiger partial charge in [-0.15, -0.1) is 0 Å². The van der Waals surface area contributed by atoms with Crippen LogP contribution in [0.1, 0.15) is 138 Å². The number of allylic oxidation sites excluding steroid dienone is 5. The quantitative estimate of drug-likeness (QED) is 0.0262. The summed E-state index contributed by atoms with van der Waals surface area (Å²) < 4.78 is 38.4. The average molecular weight is 1230 g/mol. The summed E-state index contributed by atoms with van der Waals surface area (Å²) in [6.45, 7) is 17.9. The highest BCUT2D eigenvalue weighted by atomic mass is 16.5. The van der Waals surface area contributed by atoms with E-state index in [1.807, 2.05) is 55.5 Å². The number of rotatable bonds is 21. The highest BCUT2D eigenvalue weighted by Gasteiger charge is 2.45. The van der Waals surface area contributed by atoms with E-state index in [-0.39, 0.29) is 28.5 Å². The first-order chi connectivity index (χ1) is 42.8. The van der Waals surface area contributed by atoms with Crippen LogP contribution in [0.5, 0.6) is 0 Å². The number of carboxylic acid groups (broad SMARTS) is 2. The molecule has 4 aliphatic heterocycles. The molecular weight excluding hydrogens is 1130 g/mol. The number of ether oxygens (including phenoxy) is 6. The van der Waals surface area contributed by atoms with E-state index < -0.39 is 17.9 Å². The van der Waals surface area contributed by atoms with Crippen LogP contribution in [0.4, 0.5) is 0 Å². The van der Waals surface area contributed by atoms with E-state index in [1.165, 1.54) is 45.9 Å². The van der Waals surface area contributed by atoms with E-state index in [1.54, 1.807) is 6.08 Å². The fraction of sp³-hybridized carbons (Fsp3) is 0.535. The highest BCUT2D eigenvalue weighted by molar-refractivity contribution is 6.27. The van der Waals surface area contributed by atoms with Crippen LogP contribution in [0.2, 0.25) is 0 Å². The predicted molar refractivity (Wildman–Crippen MR) is 346 cm³/mol. The van der Waals surface area contributed by atoms with E-state index in [0.29, 0.717) is 70.2 Å². The van der Waals surface area contributed by atoms with Crippen molar-refractivity contribution in [3.8, 4) is 0 Å². The number of aryl methyl sites for hydroxylation is 2. The number of nitrogens with zero attached hydrogens (tertiary/aromatic N) is 4. The topological polar surface area (TPSA) is 258 Å². The van der Waals surface area contributed by atoms with Gasteiger partial charge in [-0.05, 0) is 160 Å². The molecule has 5 heterocycles. The number of hydrazone groups is 1. The van der Waals surface area contributed by atoms with E-state index >= 15 is 0 Å². The maximum atomic E-state index is 12.5. The summed E-state index contributed by atoms with van der Waals surface area (Å²) in [6.07, 6.45) is 27.6. The van der Waals surface area contributed by atoms with Crippen molar-refractivity contribution in [1.82, 2.24) is 15.9 Å². The number of benzene rings is 3. The molecule has 7 N–H and O–H groups in total. The van der Waals surface area contributed by atoms with Gasteiger partial charge >= 0.3 is 11.9 Å². The Kier molecular flexibility index (Phi) is 30.1. The van der Waals surface area contributed by atoms with Crippen LogP contribution in [-0.4, -0.2) is 132 Å². The summed E-state index contributed by atoms with van der Waals surface area (Å²) >= 11 is 0. The van der Waals surface area contributed by atoms with Gasteiger partial charge in [0.05, 0.1) is 43.0 Å². The number of Topliss-reactive ketones (excluding diaryl/α,β-unsaturated/α-hetero) is 1. The lowest BCUT2D eigenvalue weighted by Gasteiger charge is -2.38. The molecule has 2 atom stereocenters. The zero-order chi connectivity index (χ0) is 62.5.